The van der Waals surface area contributed by atoms with E-state index in [1.54, 1.807) is 0 Å². The zero-order valence-electron chi connectivity index (χ0n) is 9.92. The molecule has 6 heteroatoms. The van der Waals surface area contributed by atoms with Crippen molar-refractivity contribution in [3.8, 4) is 22.8 Å². The minimum Gasteiger partial charge on any atom is -0.508 e. The van der Waals surface area contributed by atoms with Crippen LogP contribution in [0.25, 0.3) is 11.1 Å². The summed E-state index contributed by atoms with van der Waals surface area (Å²) in [6.45, 7) is 0. The molecule has 1 aromatic heterocycles. The largest absolute Gasteiger partial charge is 0.508 e. The minimum atomic E-state index is -1.20. The average Bonchev–Trinajstić information content (AvgIpc) is 2.36. The Balaban J connectivity index is 2.57. The zero-order chi connectivity index (χ0) is 14.0. The lowest BCUT2D eigenvalue weighted by atomic mass is 10.1. The maximum absolute atomic E-state index is 13.2. The van der Waals surface area contributed by atoms with Crippen LogP contribution in [0.5, 0.6) is 11.6 Å². The summed E-state index contributed by atoms with van der Waals surface area (Å²) in [5.41, 5.74) is 0.562. The number of phenols is 1. The number of methoxy groups -OCH3 is 1. The molecule has 0 saturated heterocycles. The van der Waals surface area contributed by atoms with Gasteiger partial charge in [-0.3, -0.25) is 0 Å². The molecule has 0 fully saturated rings. The van der Waals surface area contributed by atoms with E-state index in [4.69, 9.17) is 9.84 Å². The SMILES string of the molecule is COc1ncc(-c2cc(O)cc(F)c2)cc1C(=O)O. The molecule has 0 saturated carbocycles. The third-order valence-electron chi connectivity index (χ3n) is 2.49. The van der Waals surface area contributed by atoms with E-state index in [9.17, 15) is 14.3 Å². The molecule has 0 atom stereocenters. The maximum atomic E-state index is 13.2. The number of phenolic OH excluding ortho intramolecular Hbond substituents is 1. The van der Waals surface area contributed by atoms with Crippen LogP contribution in [0.1, 0.15) is 10.4 Å². The summed E-state index contributed by atoms with van der Waals surface area (Å²) in [7, 11) is 1.31. The Morgan fingerprint density at radius 2 is 2.00 bits per heavy atom. The van der Waals surface area contributed by atoms with Gasteiger partial charge >= 0.3 is 5.97 Å². The summed E-state index contributed by atoms with van der Waals surface area (Å²) in [5.74, 6) is -2.10. The minimum absolute atomic E-state index is 0.0307. The Bertz CT molecular complexity index is 622. The van der Waals surface area contributed by atoms with E-state index >= 15 is 0 Å². The van der Waals surface area contributed by atoms with Crippen molar-refractivity contribution in [1.82, 2.24) is 4.98 Å². The van der Waals surface area contributed by atoms with Gasteiger partial charge in [-0.25, -0.2) is 14.2 Å². The van der Waals surface area contributed by atoms with Gasteiger partial charge in [0.1, 0.15) is 17.1 Å². The van der Waals surface area contributed by atoms with E-state index in [1.165, 1.54) is 31.5 Å². The van der Waals surface area contributed by atoms with Crippen LogP contribution in [0.2, 0.25) is 0 Å². The van der Waals surface area contributed by atoms with Gasteiger partial charge in [-0.15, -0.1) is 0 Å². The van der Waals surface area contributed by atoms with E-state index in [0.29, 0.717) is 11.1 Å². The molecular weight excluding hydrogens is 253 g/mol. The highest BCUT2D eigenvalue weighted by Gasteiger charge is 2.14. The highest BCUT2D eigenvalue weighted by Crippen LogP contribution is 2.27. The van der Waals surface area contributed by atoms with E-state index in [-0.39, 0.29) is 17.2 Å². The molecule has 2 rings (SSSR count). The van der Waals surface area contributed by atoms with Crippen LogP contribution in [-0.4, -0.2) is 28.3 Å². The molecule has 2 N–H and O–H groups in total. The molecular formula is C13H10FNO4. The Morgan fingerprint density at radius 3 is 2.58 bits per heavy atom. The van der Waals surface area contributed by atoms with Gasteiger partial charge in [0, 0.05) is 17.8 Å². The molecule has 1 aromatic carbocycles. The standard InChI is InChI=1S/C13H10FNO4/c1-19-12-11(13(17)18)4-8(6-15-12)7-2-9(14)5-10(16)3-7/h2-6,16H,1H3,(H,17,18). The Labute approximate surface area is 107 Å². The van der Waals surface area contributed by atoms with Crippen molar-refractivity contribution < 1.29 is 24.1 Å². The number of carbonyl (C=O) groups is 1. The van der Waals surface area contributed by atoms with Crippen molar-refractivity contribution in [3.63, 3.8) is 0 Å². The first kappa shape index (κ1) is 12.8. The molecule has 0 radical (unpaired) electrons. The van der Waals surface area contributed by atoms with Crippen molar-refractivity contribution in [2.45, 2.75) is 0 Å². The van der Waals surface area contributed by atoms with E-state index < -0.39 is 11.8 Å². The monoisotopic (exact) mass is 263 g/mol. The first-order chi connectivity index (χ1) is 9.01. The fourth-order valence-electron chi connectivity index (χ4n) is 1.67. The predicted molar refractivity (Wildman–Crippen MR) is 64.8 cm³/mol. The topological polar surface area (TPSA) is 79.7 Å². The summed E-state index contributed by atoms with van der Waals surface area (Å²) >= 11 is 0. The van der Waals surface area contributed by atoms with Crippen molar-refractivity contribution >= 4 is 5.97 Å². The van der Waals surface area contributed by atoms with Gasteiger partial charge in [0.05, 0.1) is 7.11 Å². The Morgan fingerprint density at radius 1 is 1.26 bits per heavy atom. The van der Waals surface area contributed by atoms with Crippen LogP contribution in [0.4, 0.5) is 4.39 Å². The number of rotatable bonds is 3. The van der Waals surface area contributed by atoms with Crippen molar-refractivity contribution in [2.24, 2.45) is 0 Å². The van der Waals surface area contributed by atoms with Gasteiger partial charge < -0.3 is 14.9 Å². The van der Waals surface area contributed by atoms with Gasteiger partial charge in [-0.05, 0) is 23.8 Å². The van der Waals surface area contributed by atoms with Gasteiger partial charge in [-0.2, -0.15) is 0 Å². The number of carboxylic acid groups (broad SMARTS) is 1. The Kier molecular flexibility index (Phi) is 3.33. The number of aromatic nitrogens is 1. The summed E-state index contributed by atoms with van der Waals surface area (Å²) < 4.78 is 18.0. The summed E-state index contributed by atoms with van der Waals surface area (Å²) in [4.78, 5) is 14.9. The number of benzene rings is 1. The molecule has 0 unspecified atom stereocenters. The third kappa shape index (κ3) is 2.62. The quantitative estimate of drug-likeness (QED) is 0.888. The molecule has 2 aromatic rings. The molecule has 1 heterocycles. The second-order valence-electron chi connectivity index (χ2n) is 3.78. The number of hydrogen-bond acceptors (Lipinski definition) is 4. The first-order valence-electron chi connectivity index (χ1n) is 5.28. The predicted octanol–water partition coefficient (Wildman–Crippen LogP) is 2.30. The van der Waals surface area contributed by atoms with Crippen LogP contribution >= 0.6 is 0 Å². The van der Waals surface area contributed by atoms with Crippen LogP contribution in [0.15, 0.2) is 30.5 Å². The number of halogens is 1. The van der Waals surface area contributed by atoms with Gasteiger partial charge in [0.2, 0.25) is 5.88 Å². The second-order valence-corrected chi connectivity index (χ2v) is 3.78. The highest BCUT2D eigenvalue weighted by molar-refractivity contribution is 5.91. The number of hydrogen-bond donors (Lipinski definition) is 2. The number of ether oxygens (including phenoxy) is 1. The van der Waals surface area contributed by atoms with Gasteiger partial charge in [0.25, 0.3) is 0 Å². The number of aromatic hydroxyl groups is 1. The molecule has 98 valence electrons. The number of pyridine rings is 1. The normalized spacial score (nSPS) is 10.2. The summed E-state index contributed by atoms with van der Waals surface area (Å²) in [6.07, 6.45) is 1.35. The zero-order valence-corrected chi connectivity index (χ0v) is 9.92. The van der Waals surface area contributed by atoms with Crippen LogP contribution < -0.4 is 4.74 Å². The van der Waals surface area contributed by atoms with Gasteiger partial charge in [0.15, 0.2) is 0 Å². The second kappa shape index (κ2) is 4.93. The van der Waals surface area contributed by atoms with Crippen LogP contribution in [0, 0.1) is 5.82 Å². The fraction of sp³-hybridized carbons (Fsp3) is 0.0769. The third-order valence-corrected chi connectivity index (χ3v) is 2.49. The lowest BCUT2D eigenvalue weighted by Gasteiger charge is -2.07. The lowest BCUT2D eigenvalue weighted by Crippen LogP contribution is -2.02. The first-order valence-corrected chi connectivity index (χ1v) is 5.28. The molecule has 0 aliphatic heterocycles. The lowest BCUT2D eigenvalue weighted by molar-refractivity contribution is 0.0692. The van der Waals surface area contributed by atoms with Gasteiger partial charge in [-0.1, -0.05) is 0 Å². The molecule has 0 amide bonds. The average molecular weight is 263 g/mol. The van der Waals surface area contributed by atoms with E-state index in [1.807, 2.05) is 0 Å². The van der Waals surface area contributed by atoms with Crippen molar-refractivity contribution in [1.29, 1.82) is 0 Å². The number of carboxylic acids is 1. The summed E-state index contributed by atoms with van der Waals surface area (Å²) in [5, 5.41) is 18.4. The van der Waals surface area contributed by atoms with Crippen molar-refractivity contribution in [3.05, 3.63) is 41.8 Å². The Hall–Kier alpha value is -2.63. The smallest absolute Gasteiger partial charge is 0.341 e. The van der Waals surface area contributed by atoms with Crippen LogP contribution in [-0.2, 0) is 0 Å². The summed E-state index contributed by atoms with van der Waals surface area (Å²) in [6, 6.07) is 4.76. The maximum Gasteiger partial charge on any atom is 0.341 e. The molecule has 5 nitrogen and oxygen atoms in total. The fourth-order valence-corrected chi connectivity index (χ4v) is 1.67. The molecule has 0 aliphatic rings. The highest BCUT2D eigenvalue weighted by atomic mass is 19.1. The molecule has 19 heavy (non-hydrogen) atoms. The molecule has 0 spiro atoms. The van der Waals surface area contributed by atoms with E-state index in [2.05, 4.69) is 4.98 Å². The van der Waals surface area contributed by atoms with Crippen LogP contribution in [0.3, 0.4) is 0 Å². The number of aromatic carboxylic acids is 1. The molecule has 0 aliphatic carbocycles. The molecule has 0 bridgehead atoms. The van der Waals surface area contributed by atoms with E-state index in [0.717, 1.165) is 6.07 Å². The van der Waals surface area contributed by atoms with Crippen molar-refractivity contribution in [2.75, 3.05) is 7.11 Å². The number of nitrogens with zero attached hydrogens (tertiary/aromatic N) is 1.